The standard InChI is InChI=1S/C17H24ClN3O3/c18-14-3-1-2-13(10-14)15(21-5-8-23-9-6-21)11-20-17(22)16-12-19-4-7-24-16/h1-3,10,15-16,19H,4-9,11-12H2,(H,20,22). The van der Waals surface area contributed by atoms with Crippen molar-refractivity contribution in [3.05, 3.63) is 34.9 Å². The van der Waals surface area contributed by atoms with Crippen LogP contribution in [0.15, 0.2) is 24.3 Å². The Hall–Kier alpha value is -1.18. The summed E-state index contributed by atoms with van der Waals surface area (Å²) < 4.78 is 11.0. The van der Waals surface area contributed by atoms with Crippen LogP contribution in [-0.4, -0.2) is 69.5 Å². The van der Waals surface area contributed by atoms with Gasteiger partial charge in [-0.15, -0.1) is 0 Å². The van der Waals surface area contributed by atoms with Crippen LogP contribution in [0.2, 0.25) is 5.02 Å². The first kappa shape index (κ1) is 17.6. The van der Waals surface area contributed by atoms with E-state index in [0.717, 1.165) is 25.2 Å². The molecule has 0 aliphatic carbocycles. The molecular weight excluding hydrogens is 330 g/mol. The van der Waals surface area contributed by atoms with Crippen molar-refractivity contribution >= 4 is 17.5 Å². The molecule has 0 saturated carbocycles. The zero-order valence-electron chi connectivity index (χ0n) is 13.7. The Morgan fingerprint density at radius 3 is 2.92 bits per heavy atom. The molecule has 0 spiro atoms. The number of rotatable bonds is 5. The Morgan fingerprint density at radius 1 is 1.38 bits per heavy atom. The fraction of sp³-hybridized carbons (Fsp3) is 0.588. The zero-order valence-corrected chi connectivity index (χ0v) is 14.4. The quantitative estimate of drug-likeness (QED) is 0.820. The third kappa shape index (κ3) is 4.68. The third-order valence-corrected chi connectivity index (χ3v) is 4.64. The number of hydrogen-bond donors (Lipinski definition) is 2. The second-order valence-corrected chi connectivity index (χ2v) is 6.46. The number of hydrogen-bond acceptors (Lipinski definition) is 5. The van der Waals surface area contributed by atoms with Crippen molar-refractivity contribution < 1.29 is 14.3 Å². The van der Waals surface area contributed by atoms with Crippen LogP contribution in [0.4, 0.5) is 0 Å². The Morgan fingerprint density at radius 2 is 2.21 bits per heavy atom. The Bertz CT molecular complexity index is 546. The lowest BCUT2D eigenvalue weighted by atomic mass is 10.0. The number of morpholine rings is 2. The molecule has 24 heavy (non-hydrogen) atoms. The van der Waals surface area contributed by atoms with Crippen molar-refractivity contribution in [1.82, 2.24) is 15.5 Å². The molecule has 1 aromatic carbocycles. The number of carbonyl (C=O) groups excluding carboxylic acids is 1. The minimum atomic E-state index is -0.413. The first-order chi connectivity index (χ1) is 11.7. The van der Waals surface area contributed by atoms with Gasteiger partial charge in [-0.05, 0) is 17.7 Å². The average Bonchev–Trinajstić information content (AvgIpc) is 2.63. The molecule has 2 N–H and O–H groups in total. The van der Waals surface area contributed by atoms with E-state index < -0.39 is 6.10 Å². The van der Waals surface area contributed by atoms with E-state index in [1.54, 1.807) is 0 Å². The van der Waals surface area contributed by atoms with Gasteiger partial charge in [0.25, 0.3) is 5.91 Å². The number of nitrogens with one attached hydrogen (secondary N) is 2. The highest BCUT2D eigenvalue weighted by molar-refractivity contribution is 6.30. The molecule has 0 aromatic heterocycles. The number of nitrogens with zero attached hydrogens (tertiary/aromatic N) is 1. The molecule has 0 radical (unpaired) electrons. The summed E-state index contributed by atoms with van der Waals surface area (Å²) in [7, 11) is 0. The summed E-state index contributed by atoms with van der Waals surface area (Å²) in [6, 6.07) is 7.90. The third-order valence-electron chi connectivity index (χ3n) is 4.41. The van der Waals surface area contributed by atoms with Gasteiger partial charge in [-0.25, -0.2) is 0 Å². The van der Waals surface area contributed by atoms with Crippen LogP contribution in [0.25, 0.3) is 0 Å². The van der Waals surface area contributed by atoms with Gasteiger partial charge in [0.05, 0.1) is 25.9 Å². The second kappa shape index (κ2) is 8.78. The first-order valence-electron chi connectivity index (χ1n) is 8.41. The fourth-order valence-electron chi connectivity index (χ4n) is 3.11. The molecule has 6 nitrogen and oxygen atoms in total. The van der Waals surface area contributed by atoms with E-state index in [9.17, 15) is 4.79 Å². The van der Waals surface area contributed by atoms with E-state index in [1.165, 1.54) is 0 Å². The Balaban J connectivity index is 1.66. The lowest BCUT2D eigenvalue weighted by Gasteiger charge is -2.35. The number of carbonyl (C=O) groups is 1. The second-order valence-electron chi connectivity index (χ2n) is 6.03. The number of halogens is 1. The SMILES string of the molecule is O=C(NCC(c1cccc(Cl)c1)N1CCOCC1)C1CNCCO1. The van der Waals surface area contributed by atoms with Crippen LogP contribution in [0.3, 0.4) is 0 Å². The highest BCUT2D eigenvalue weighted by Crippen LogP contribution is 2.24. The first-order valence-corrected chi connectivity index (χ1v) is 8.79. The fourth-order valence-corrected chi connectivity index (χ4v) is 3.30. The highest BCUT2D eigenvalue weighted by atomic mass is 35.5. The van der Waals surface area contributed by atoms with Crippen LogP contribution in [-0.2, 0) is 14.3 Å². The van der Waals surface area contributed by atoms with Crippen LogP contribution >= 0.6 is 11.6 Å². The summed E-state index contributed by atoms with van der Waals surface area (Å²) >= 11 is 6.15. The summed E-state index contributed by atoms with van der Waals surface area (Å²) in [5, 5.41) is 6.92. The van der Waals surface area contributed by atoms with E-state index in [4.69, 9.17) is 21.1 Å². The van der Waals surface area contributed by atoms with Gasteiger partial charge in [-0.2, -0.15) is 0 Å². The molecule has 0 bridgehead atoms. The minimum absolute atomic E-state index is 0.0671. The van der Waals surface area contributed by atoms with Crippen molar-refractivity contribution in [1.29, 1.82) is 0 Å². The van der Waals surface area contributed by atoms with Crippen molar-refractivity contribution in [2.45, 2.75) is 12.1 Å². The Labute approximate surface area is 147 Å². The van der Waals surface area contributed by atoms with Gasteiger partial charge in [-0.1, -0.05) is 23.7 Å². The van der Waals surface area contributed by atoms with Gasteiger partial charge in [-0.3, -0.25) is 9.69 Å². The number of amides is 1. The van der Waals surface area contributed by atoms with Gasteiger partial charge in [0.15, 0.2) is 0 Å². The van der Waals surface area contributed by atoms with E-state index in [0.29, 0.717) is 37.9 Å². The summed E-state index contributed by atoms with van der Waals surface area (Å²) in [4.78, 5) is 14.7. The summed E-state index contributed by atoms with van der Waals surface area (Å²) in [5.74, 6) is -0.0671. The zero-order chi connectivity index (χ0) is 16.8. The summed E-state index contributed by atoms with van der Waals surface area (Å²) in [5.41, 5.74) is 1.10. The van der Waals surface area contributed by atoms with Gasteiger partial charge >= 0.3 is 0 Å². The van der Waals surface area contributed by atoms with Crippen LogP contribution < -0.4 is 10.6 Å². The van der Waals surface area contributed by atoms with Gasteiger partial charge in [0.2, 0.25) is 0 Å². The van der Waals surface area contributed by atoms with Gasteiger partial charge in [0, 0.05) is 37.7 Å². The average molecular weight is 354 g/mol. The molecule has 2 atom stereocenters. The maximum atomic E-state index is 12.3. The number of benzene rings is 1. The van der Waals surface area contributed by atoms with Crippen LogP contribution in [0.1, 0.15) is 11.6 Å². The molecule has 3 rings (SSSR count). The minimum Gasteiger partial charge on any atom is -0.379 e. The van der Waals surface area contributed by atoms with Gasteiger partial charge in [0.1, 0.15) is 6.10 Å². The molecule has 2 saturated heterocycles. The van der Waals surface area contributed by atoms with Crippen molar-refractivity contribution in [2.24, 2.45) is 0 Å². The van der Waals surface area contributed by atoms with Gasteiger partial charge < -0.3 is 20.1 Å². The molecule has 2 unspecified atom stereocenters. The van der Waals surface area contributed by atoms with Crippen LogP contribution in [0, 0.1) is 0 Å². The van der Waals surface area contributed by atoms with Crippen molar-refractivity contribution in [3.63, 3.8) is 0 Å². The predicted molar refractivity (Wildman–Crippen MR) is 92.2 cm³/mol. The molecule has 1 amide bonds. The van der Waals surface area contributed by atoms with Crippen molar-refractivity contribution in [2.75, 3.05) is 52.5 Å². The molecule has 2 aliphatic heterocycles. The molecule has 2 heterocycles. The highest BCUT2D eigenvalue weighted by Gasteiger charge is 2.26. The topological polar surface area (TPSA) is 62.8 Å². The maximum absolute atomic E-state index is 12.3. The maximum Gasteiger partial charge on any atom is 0.250 e. The lowest BCUT2D eigenvalue weighted by molar-refractivity contribution is -0.134. The molecule has 2 aliphatic rings. The predicted octanol–water partition coefficient (Wildman–Crippen LogP) is 0.818. The van der Waals surface area contributed by atoms with E-state index in [-0.39, 0.29) is 11.9 Å². The van der Waals surface area contributed by atoms with E-state index in [2.05, 4.69) is 21.6 Å². The van der Waals surface area contributed by atoms with Crippen molar-refractivity contribution in [3.8, 4) is 0 Å². The molecule has 7 heteroatoms. The Kier molecular flexibility index (Phi) is 6.45. The smallest absolute Gasteiger partial charge is 0.250 e. The molecule has 1 aromatic rings. The molecule has 2 fully saturated rings. The number of ether oxygens (including phenoxy) is 2. The largest absolute Gasteiger partial charge is 0.379 e. The summed E-state index contributed by atoms with van der Waals surface area (Å²) in [6.07, 6.45) is -0.413. The molecular formula is C17H24ClN3O3. The summed E-state index contributed by atoms with van der Waals surface area (Å²) in [6.45, 7) is 5.55. The molecule has 132 valence electrons. The van der Waals surface area contributed by atoms with E-state index in [1.807, 2.05) is 18.2 Å². The van der Waals surface area contributed by atoms with Crippen LogP contribution in [0.5, 0.6) is 0 Å². The van der Waals surface area contributed by atoms with E-state index >= 15 is 0 Å². The lowest BCUT2D eigenvalue weighted by Crippen LogP contribution is -2.50. The monoisotopic (exact) mass is 353 g/mol. The normalized spacial score (nSPS) is 23.6.